The summed E-state index contributed by atoms with van der Waals surface area (Å²) in [4.78, 5) is 6.44. The number of rotatable bonds is 9. The number of nitrogens with one attached hydrogen (secondary N) is 1. The van der Waals surface area contributed by atoms with Gasteiger partial charge in [-0.05, 0) is 38.2 Å². The summed E-state index contributed by atoms with van der Waals surface area (Å²) < 4.78 is 26.7. The second-order valence-corrected chi connectivity index (χ2v) is 6.73. The van der Waals surface area contributed by atoms with Crippen LogP contribution in [0, 0.1) is 0 Å². The average molecular weight is 330 g/mol. The van der Waals surface area contributed by atoms with Gasteiger partial charge in [0.25, 0.3) is 0 Å². The first-order chi connectivity index (χ1) is 9.90. The van der Waals surface area contributed by atoms with Crippen molar-refractivity contribution in [2.75, 3.05) is 26.2 Å². The van der Waals surface area contributed by atoms with E-state index in [1.54, 1.807) is 0 Å². The quantitative estimate of drug-likeness (QED) is 0.512. The predicted molar refractivity (Wildman–Crippen MR) is 87.7 cm³/mol. The normalized spacial score (nSPS) is 11.8. The van der Waals surface area contributed by atoms with E-state index in [0.717, 1.165) is 26.1 Å². The molecular formula is C13H22N4O2S2. The molecule has 3 N–H and O–H groups in total. The Balaban J connectivity index is 2.55. The number of hydrogen-bond acceptors (Lipinski definition) is 5. The molecule has 0 radical (unpaired) electrons. The summed E-state index contributed by atoms with van der Waals surface area (Å²) in [7, 11) is -3.53. The molecule has 0 fully saturated rings. The molecular weight excluding hydrogens is 308 g/mol. The summed E-state index contributed by atoms with van der Waals surface area (Å²) in [6.45, 7) is 7.37. The second-order valence-electron chi connectivity index (χ2n) is 4.52. The molecule has 0 aliphatic rings. The lowest BCUT2D eigenvalue weighted by molar-refractivity contribution is 0.300. The minimum absolute atomic E-state index is 0.116. The molecule has 118 valence electrons. The molecule has 0 unspecified atom stereocenters. The lowest BCUT2D eigenvalue weighted by Crippen LogP contribution is -2.30. The van der Waals surface area contributed by atoms with E-state index in [1.165, 1.54) is 18.3 Å². The van der Waals surface area contributed by atoms with Crippen LogP contribution in [0.25, 0.3) is 0 Å². The first-order valence-corrected chi connectivity index (χ1v) is 8.77. The van der Waals surface area contributed by atoms with Crippen LogP contribution in [-0.4, -0.2) is 49.5 Å². The molecule has 0 aliphatic carbocycles. The number of thiocarbonyl (C=S) groups is 1. The smallest absolute Gasteiger partial charge is 0.242 e. The largest absolute Gasteiger partial charge is 0.388 e. The molecule has 21 heavy (non-hydrogen) atoms. The van der Waals surface area contributed by atoms with Crippen molar-refractivity contribution in [3.05, 3.63) is 24.0 Å². The summed E-state index contributed by atoms with van der Waals surface area (Å²) in [5.41, 5.74) is 5.83. The third-order valence-corrected chi connectivity index (χ3v) is 4.79. The fraction of sp³-hybridized carbons (Fsp3) is 0.538. The van der Waals surface area contributed by atoms with Crippen molar-refractivity contribution in [3.8, 4) is 0 Å². The summed E-state index contributed by atoms with van der Waals surface area (Å²) in [6.07, 6.45) is 2.03. The highest BCUT2D eigenvalue weighted by atomic mass is 32.2. The van der Waals surface area contributed by atoms with Crippen molar-refractivity contribution in [2.45, 2.75) is 25.2 Å². The van der Waals surface area contributed by atoms with Gasteiger partial charge in [-0.15, -0.1) is 0 Å². The van der Waals surface area contributed by atoms with Crippen LogP contribution in [0.2, 0.25) is 0 Å². The van der Waals surface area contributed by atoms with Gasteiger partial charge in [0, 0.05) is 12.7 Å². The number of nitrogens with two attached hydrogens (primary N) is 1. The molecule has 0 saturated carbocycles. The average Bonchev–Trinajstić information content (AvgIpc) is 2.47. The van der Waals surface area contributed by atoms with Crippen LogP contribution in [0.4, 0.5) is 0 Å². The molecule has 0 amide bonds. The topological polar surface area (TPSA) is 88.3 Å². The van der Waals surface area contributed by atoms with E-state index in [2.05, 4.69) is 28.5 Å². The van der Waals surface area contributed by atoms with E-state index in [-0.39, 0.29) is 9.88 Å². The maximum absolute atomic E-state index is 12.1. The van der Waals surface area contributed by atoms with Crippen molar-refractivity contribution in [1.82, 2.24) is 14.6 Å². The van der Waals surface area contributed by atoms with Gasteiger partial charge < -0.3 is 10.6 Å². The molecule has 1 rings (SSSR count). The standard InChI is InChI=1S/C13H22N4O2S2/c1-3-17(4-2)9-5-8-16-21(18,19)11-6-7-12(13(14)20)15-10-11/h6-7,10,16H,3-5,8-9H2,1-2H3,(H2,14,20). The van der Waals surface area contributed by atoms with Crippen LogP contribution in [-0.2, 0) is 10.0 Å². The van der Waals surface area contributed by atoms with Crippen molar-refractivity contribution in [3.63, 3.8) is 0 Å². The summed E-state index contributed by atoms with van der Waals surface area (Å²) in [5, 5.41) is 0. The third kappa shape index (κ3) is 5.66. The minimum atomic E-state index is -3.53. The van der Waals surface area contributed by atoms with E-state index in [4.69, 9.17) is 18.0 Å². The van der Waals surface area contributed by atoms with Gasteiger partial charge in [0.1, 0.15) is 9.88 Å². The molecule has 1 aromatic heterocycles. The minimum Gasteiger partial charge on any atom is -0.388 e. The highest BCUT2D eigenvalue weighted by molar-refractivity contribution is 7.89. The predicted octanol–water partition coefficient (Wildman–Crippen LogP) is 0.726. The number of hydrogen-bond donors (Lipinski definition) is 2. The maximum atomic E-state index is 12.1. The van der Waals surface area contributed by atoms with Gasteiger partial charge in [0.05, 0.1) is 5.69 Å². The van der Waals surface area contributed by atoms with Gasteiger partial charge in [-0.3, -0.25) is 4.98 Å². The molecule has 6 nitrogen and oxygen atoms in total. The molecule has 0 spiro atoms. The fourth-order valence-corrected chi connectivity index (χ4v) is 2.96. The van der Waals surface area contributed by atoms with E-state index in [9.17, 15) is 8.42 Å². The lowest BCUT2D eigenvalue weighted by atomic mass is 10.3. The highest BCUT2D eigenvalue weighted by Gasteiger charge is 2.14. The first-order valence-electron chi connectivity index (χ1n) is 6.88. The number of sulfonamides is 1. The van der Waals surface area contributed by atoms with Crippen LogP contribution < -0.4 is 10.5 Å². The molecule has 0 aliphatic heterocycles. The molecule has 0 bridgehead atoms. The lowest BCUT2D eigenvalue weighted by Gasteiger charge is -2.17. The Kier molecular flexibility index (Phi) is 7.16. The Hall–Kier alpha value is -1.09. The van der Waals surface area contributed by atoms with Crippen molar-refractivity contribution in [1.29, 1.82) is 0 Å². The Morgan fingerprint density at radius 1 is 1.38 bits per heavy atom. The first kappa shape index (κ1) is 18.0. The molecule has 0 atom stereocenters. The second kappa shape index (κ2) is 8.38. The van der Waals surface area contributed by atoms with Crippen LogP contribution in [0.1, 0.15) is 26.0 Å². The zero-order chi connectivity index (χ0) is 15.9. The van der Waals surface area contributed by atoms with Crippen LogP contribution in [0.3, 0.4) is 0 Å². The number of aromatic nitrogens is 1. The van der Waals surface area contributed by atoms with Crippen molar-refractivity contribution in [2.24, 2.45) is 5.73 Å². The summed E-state index contributed by atoms with van der Waals surface area (Å²) >= 11 is 4.78. The van der Waals surface area contributed by atoms with E-state index in [0.29, 0.717) is 12.2 Å². The van der Waals surface area contributed by atoms with Gasteiger partial charge in [0.2, 0.25) is 10.0 Å². The van der Waals surface area contributed by atoms with Crippen LogP contribution in [0.15, 0.2) is 23.2 Å². The van der Waals surface area contributed by atoms with Crippen molar-refractivity contribution < 1.29 is 8.42 Å². The van der Waals surface area contributed by atoms with E-state index >= 15 is 0 Å². The van der Waals surface area contributed by atoms with E-state index in [1.807, 2.05) is 0 Å². The molecule has 8 heteroatoms. The fourth-order valence-electron chi connectivity index (χ4n) is 1.82. The SMILES string of the molecule is CCN(CC)CCCNS(=O)(=O)c1ccc(C(N)=S)nc1. The Morgan fingerprint density at radius 2 is 2.05 bits per heavy atom. The Morgan fingerprint density at radius 3 is 2.52 bits per heavy atom. The summed E-state index contributed by atoms with van der Waals surface area (Å²) in [5.74, 6) is 0. The van der Waals surface area contributed by atoms with Gasteiger partial charge in [0.15, 0.2) is 0 Å². The number of nitrogens with zero attached hydrogens (tertiary/aromatic N) is 2. The van der Waals surface area contributed by atoms with Crippen LogP contribution in [0.5, 0.6) is 0 Å². The van der Waals surface area contributed by atoms with E-state index < -0.39 is 10.0 Å². The maximum Gasteiger partial charge on any atom is 0.242 e. The van der Waals surface area contributed by atoms with Crippen LogP contribution >= 0.6 is 12.2 Å². The Labute approximate surface area is 131 Å². The molecule has 0 saturated heterocycles. The van der Waals surface area contributed by atoms with Gasteiger partial charge in [-0.2, -0.15) is 0 Å². The Bertz CT molecular complexity index is 554. The zero-order valence-corrected chi connectivity index (χ0v) is 14.0. The third-order valence-electron chi connectivity index (χ3n) is 3.14. The monoisotopic (exact) mass is 330 g/mol. The summed E-state index contributed by atoms with van der Waals surface area (Å²) in [6, 6.07) is 2.96. The van der Waals surface area contributed by atoms with Crippen molar-refractivity contribution >= 4 is 27.2 Å². The molecule has 0 aromatic carbocycles. The zero-order valence-electron chi connectivity index (χ0n) is 12.4. The highest BCUT2D eigenvalue weighted by Crippen LogP contribution is 2.07. The molecule has 1 heterocycles. The number of pyridine rings is 1. The van der Waals surface area contributed by atoms with Gasteiger partial charge in [-0.25, -0.2) is 13.1 Å². The molecule has 1 aromatic rings. The van der Waals surface area contributed by atoms with Gasteiger partial charge in [-0.1, -0.05) is 26.1 Å². The van der Waals surface area contributed by atoms with Gasteiger partial charge >= 0.3 is 0 Å².